The highest BCUT2D eigenvalue weighted by Crippen LogP contribution is 2.15. The van der Waals surface area contributed by atoms with E-state index in [9.17, 15) is 4.79 Å². The van der Waals surface area contributed by atoms with Crippen molar-refractivity contribution < 1.29 is 19.7 Å². The maximum absolute atomic E-state index is 11.4. The van der Waals surface area contributed by atoms with E-state index in [2.05, 4.69) is 6.92 Å². The van der Waals surface area contributed by atoms with Crippen molar-refractivity contribution in [2.45, 2.75) is 58.8 Å². The summed E-state index contributed by atoms with van der Waals surface area (Å²) in [6.45, 7) is 3.57. The number of unbranched alkanes of at least 4 members (excludes halogenated alkanes) is 5. The summed E-state index contributed by atoms with van der Waals surface area (Å²) in [6, 6.07) is 0. The van der Waals surface area contributed by atoms with E-state index in [1.807, 2.05) is 0 Å². The van der Waals surface area contributed by atoms with Gasteiger partial charge >= 0.3 is 5.97 Å². The highest BCUT2D eigenvalue weighted by atomic mass is 16.5. The highest BCUT2D eigenvalue weighted by Gasteiger charge is 2.24. The van der Waals surface area contributed by atoms with Gasteiger partial charge in [0.15, 0.2) is 0 Å². The molecule has 4 nitrogen and oxygen atoms in total. The van der Waals surface area contributed by atoms with E-state index >= 15 is 0 Å². The van der Waals surface area contributed by atoms with E-state index < -0.39 is 5.41 Å². The molecule has 0 fully saturated rings. The normalized spacial score (nSPS) is 11.6. The third-order valence-electron chi connectivity index (χ3n) is 3.08. The summed E-state index contributed by atoms with van der Waals surface area (Å²) in [6.07, 6.45) is 7.24. The van der Waals surface area contributed by atoms with Gasteiger partial charge in [-0.05, 0) is 6.42 Å². The Kier molecular flexibility index (Phi) is 9.98. The first kappa shape index (κ1) is 17.4. The number of hydrogen-bond donors (Lipinski definition) is 2. The number of esters is 1. The molecule has 0 amide bonds. The van der Waals surface area contributed by atoms with Crippen molar-refractivity contribution in [2.75, 3.05) is 19.8 Å². The van der Waals surface area contributed by atoms with Gasteiger partial charge in [-0.1, -0.05) is 46.0 Å². The molecule has 0 aliphatic carbocycles. The van der Waals surface area contributed by atoms with E-state index in [0.29, 0.717) is 6.42 Å². The zero-order chi connectivity index (χ0) is 13.9. The number of carbonyl (C=O) groups excluding carboxylic acids is 1. The third-order valence-corrected chi connectivity index (χ3v) is 3.08. The zero-order valence-electron chi connectivity index (χ0n) is 11.8. The first-order chi connectivity index (χ1) is 8.58. The van der Waals surface area contributed by atoms with Gasteiger partial charge < -0.3 is 14.9 Å². The van der Waals surface area contributed by atoms with E-state index in [4.69, 9.17) is 14.9 Å². The quantitative estimate of drug-likeness (QED) is 0.442. The Morgan fingerprint density at radius 1 is 1.06 bits per heavy atom. The summed E-state index contributed by atoms with van der Waals surface area (Å²) in [4.78, 5) is 11.4. The predicted molar refractivity (Wildman–Crippen MR) is 71.2 cm³/mol. The van der Waals surface area contributed by atoms with Gasteiger partial charge in [-0.15, -0.1) is 0 Å². The highest BCUT2D eigenvalue weighted by molar-refractivity contribution is 5.69. The van der Waals surface area contributed by atoms with Crippen LogP contribution in [0.3, 0.4) is 0 Å². The van der Waals surface area contributed by atoms with Crippen LogP contribution in [0.2, 0.25) is 0 Å². The molecule has 0 aliphatic rings. The Hall–Kier alpha value is -0.610. The number of ether oxygens (including phenoxy) is 1. The average molecular weight is 260 g/mol. The largest absolute Gasteiger partial charge is 0.465 e. The third kappa shape index (κ3) is 8.48. The van der Waals surface area contributed by atoms with Crippen LogP contribution in [0, 0.1) is 5.41 Å². The van der Waals surface area contributed by atoms with Crippen molar-refractivity contribution in [1.29, 1.82) is 0 Å². The topological polar surface area (TPSA) is 66.8 Å². The zero-order valence-corrected chi connectivity index (χ0v) is 11.8. The molecule has 0 aromatic heterocycles. The molecule has 0 unspecified atom stereocenters. The van der Waals surface area contributed by atoms with E-state index in [1.54, 1.807) is 6.92 Å². The molecule has 0 radical (unpaired) electrons. The Morgan fingerprint density at radius 3 is 2.17 bits per heavy atom. The molecule has 0 heterocycles. The van der Waals surface area contributed by atoms with Gasteiger partial charge in [-0.25, -0.2) is 0 Å². The maximum Gasteiger partial charge on any atom is 0.305 e. The Balaban J connectivity index is 3.54. The minimum Gasteiger partial charge on any atom is -0.465 e. The molecule has 2 N–H and O–H groups in total. The molecule has 0 aromatic rings. The number of aliphatic hydroxyl groups is 2. The minimum atomic E-state index is -0.725. The summed E-state index contributed by atoms with van der Waals surface area (Å²) in [5.74, 6) is -0.237. The molecular formula is C14H28O4. The minimum absolute atomic E-state index is 0.0780. The lowest BCUT2D eigenvalue weighted by molar-refractivity contribution is -0.149. The van der Waals surface area contributed by atoms with Crippen molar-refractivity contribution in [3.05, 3.63) is 0 Å². The second-order valence-electron chi connectivity index (χ2n) is 5.31. The Labute approximate surface area is 110 Å². The standard InChI is InChI=1S/C14H28O4/c1-3-4-5-6-7-8-9-13(17)18-12-14(2,10-15)11-16/h15-16H,3-12H2,1-2H3. The molecule has 0 atom stereocenters. The van der Waals surface area contributed by atoms with Crippen LogP contribution in [0.1, 0.15) is 58.8 Å². The Bertz CT molecular complexity index is 212. The first-order valence-electron chi connectivity index (χ1n) is 6.95. The second-order valence-corrected chi connectivity index (χ2v) is 5.31. The summed E-state index contributed by atoms with van der Waals surface area (Å²) in [5.41, 5.74) is -0.725. The van der Waals surface area contributed by atoms with Gasteiger partial charge in [-0.2, -0.15) is 0 Å². The van der Waals surface area contributed by atoms with Gasteiger partial charge in [0.25, 0.3) is 0 Å². The fourth-order valence-corrected chi connectivity index (χ4v) is 1.52. The summed E-state index contributed by atoms with van der Waals surface area (Å²) >= 11 is 0. The lowest BCUT2D eigenvalue weighted by Crippen LogP contribution is -2.32. The smallest absolute Gasteiger partial charge is 0.305 e. The molecular weight excluding hydrogens is 232 g/mol. The number of hydrogen-bond acceptors (Lipinski definition) is 4. The van der Waals surface area contributed by atoms with Gasteiger partial charge in [0.2, 0.25) is 0 Å². The van der Waals surface area contributed by atoms with Crippen LogP contribution >= 0.6 is 0 Å². The van der Waals surface area contributed by atoms with E-state index in [1.165, 1.54) is 25.7 Å². The molecule has 0 rings (SSSR count). The molecule has 108 valence electrons. The lowest BCUT2D eigenvalue weighted by atomic mass is 9.94. The fourth-order valence-electron chi connectivity index (χ4n) is 1.52. The number of rotatable bonds is 11. The van der Waals surface area contributed by atoms with Crippen LogP contribution in [0.15, 0.2) is 0 Å². The molecule has 0 bridgehead atoms. The summed E-state index contributed by atoms with van der Waals surface area (Å²) in [5, 5.41) is 18.1. The van der Waals surface area contributed by atoms with Crippen molar-refractivity contribution >= 4 is 5.97 Å². The molecule has 0 saturated carbocycles. The first-order valence-corrected chi connectivity index (χ1v) is 6.95. The molecule has 0 spiro atoms. The second kappa shape index (κ2) is 10.3. The van der Waals surface area contributed by atoms with Crippen LogP contribution in [-0.4, -0.2) is 36.0 Å². The molecule has 0 aromatic carbocycles. The number of carbonyl (C=O) groups is 1. The Morgan fingerprint density at radius 2 is 1.61 bits per heavy atom. The maximum atomic E-state index is 11.4. The van der Waals surface area contributed by atoms with Crippen LogP contribution in [-0.2, 0) is 9.53 Å². The average Bonchev–Trinajstić information content (AvgIpc) is 2.40. The summed E-state index contributed by atoms with van der Waals surface area (Å²) in [7, 11) is 0. The van der Waals surface area contributed by atoms with Crippen LogP contribution < -0.4 is 0 Å². The van der Waals surface area contributed by atoms with Crippen LogP contribution in [0.4, 0.5) is 0 Å². The van der Waals surface area contributed by atoms with Crippen molar-refractivity contribution in [3.63, 3.8) is 0 Å². The van der Waals surface area contributed by atoms with Gasteiger partial charge in [0.1, 0.15) is 6.61 Å². The van der Waals surface area contributed by atoms with E-state index in [-0.39, 0.29) is 25.8 Å². The van der Waals surface area contributed by atoms with Crippen LogP contribution in [0.25, 0.3) is 0 Å². The predicted octanol–water partition coefficient (Wildman–Crippen LogP) is 2.27. The molecule has 0 saturated heterocycles. The monoisotopic (exact) mass is 260 g/mol. The molecule has 4 heteroatoms. The van der Waals surface area contributed by atoms with E-state index in [0.717, 1.165) is 12.8 Å². The van der Waals surface area contributed by atoms with Gasteiger partial charge in [0, 0.05) is 11.8 Å². The number of aliphatic hydroxyl groups excluding tert-OH is 2. The molecule has 0 aliphatic heterocycles. The van der Waals surface area contributed by atoms with Crippen LogP contribution in [0.5, 0.6) is 0 Å². The van der Waals surface area contributed by atoms with Gasteiger partial charge in [0.05, 0.1) is 13.2 Å². The lowest BCUT2D eigenvalue weighted by Gasteiger charge is -2.23. The van der Waals surface area contributed by atoms with Crippen molar-refractivity contribution in [2.24, 2.45) is 5.41 Å². The summed E-state index contributed by atoms with van der Waals surface area (Å²) < 4.78 is 5.06. The molecule has 18 heavy (non-hydrogen) atoms. The van der Waals surface area contributed by atoms with Gasteiger partial charge in [-0.3, -0.25) is 4.79 Å². The fraction of sp³-hybridized carbons (Fsp3) is 0.929. The van der Waals surface area contributed by atoms with Crippen molar-refractivity contribution in [1.82, 2.24) is 0 Å². The SMILES string of the molecule is CCCCCCCCC(=O)OCC(C)(CO)CO. The van der Waals surface area contributed by atoms with Crippen molar-refractivity contribution in [3.8, 4) is 0 Å².